The Morgan fingerprint density at radius 3 is 1.51 bits per heavy atom. The lowest BCUT2D eigenvalue weighted by atomic mass is 10.1. The Morgan fingerprint density at radius 2 is 0.877 bits per heavy atom. The van der Waals surface area contributed by atoms with Gasteiger partial charge in [0.2, 0.25) is 17.1 Å². The van der Waals surface area contributed by atoms with Crippen LogP contribution in [0.15, 0.2) is 211 Å². The molecular weight excluding hydrogens is 699 g/mol. The molecule has 6 heteroatoms. The smallest absolute Gasteiger partial charge is 0.428 e. The van der Waals surface area contributed by atoms with E-state index in [1.807, 2.05) is 12.1 Å². The average molecular weight is 733 g/mol. The van der Waals surface area contributed by atoms with Gasteiger partial charge in [-0.2, -0.15) is 0 Å². The van der Waals surface area contributed by atoms with Gasteiger partial charge in [-0.05, 0) is 60.7 Å². The zero-order valence-electron chi connectivity index (χ0n) is 30.8. The molecule has 0 atom stereocenters. The number of nitrogens with zero attached hydrogens (tertiary/aromatic N) is 5. The largest absolute Gasteiger partial charge is 0.456 e. The maximum atomic E-state index is 6.61. The van der Waals surface area contributed by atoms with Crippen LogP contribution in [0.2, 0.25) is 0 Å². The summed E-state index contributed by atoms with van der Waals surface area (Å²) in [5.74, 6) is 0. The lowest BCUT2D eigenvalue weighted by Gasteiger charge is -2.10. The van der Waals surface area contributed by atoms with E-state index >= 15 is 0 Å². The van der Waals surface area contributed by atoms with Crippen LogP contribution in [0.25, 0.3) is 94.0 Å². The van der Waals surface area contributed by atoms with Crippen molar-refractivity contribution in [2.75, 3.05) is 0 Å². The van der Waals surface area contributed by atoms with E-state index in [2.05, 4.69) is 218 Å². The summed E-state index contributed by atoms with van der Waals surface area (Å²) in [4.78, 5) is 0. The number of fused-ring (bicyclic) bond motifs is 9. The fraction of sp³-hybridized carbons (Fsp3) is 0. The van der Waals surface area contributed by atoms with E-state index in [-0.39, 0.29) is 0 Å². The fourth-order valence-electron chi connectivity index (χ4n) is 8.80. The van der Waals surface area contributed by atoms with Crippen molar-refractivity contribution in [3.63, 3.8) is 0 Å². The maximum absolute atomic E-state index is 6.61. The van der Waals surface area contributed by atoms with Crippen LogP contribution >= 0.6 is 0 Å². The molecule has 0 amide bonds. The first kappa shape index (κ1) is 31.5. The van der Waals surface area contributed by atoms with Crippen LogP contribution in [0.4, 0.5) is 0 Å². The van der Waals surface area contributed by atoms with Crippen molar-refractivity contribution < 1.29 is 18.1 Å². The highest BCUT2D eigenvalue weighted by Crippen LogP contribution is 2.41. The molecule has 0 N–H and O–H groups in total. The SMILES string of the molecule is c1ccc(-n2c3ccccc3c3cc4c5ccccc5n(-c5ccc6oc7cccc(-[n+]8c[n+](-c9ccccc9)c[n+](-c9ccccc9)c8)c7c6c5)c4cc32)cc1. The van der Waals surface area contributed by atoms with Crippen LogP contribution in [0, 0.1) is 0 Å². The molecule has 0 saturated carbocycles. The summed E-state index contributed by atoms with van der Waals surface area (Å²) in [6, 6.07) is 66.7. The van der Waals surface area contributed by atoms with Crippen LogP contribution in [-0.4, -0.2) is 9.13 Å². The summed E-state index contributed by atoms with van der Waals surface area (Å²) in [5, 5.41) is 7.04. The Labute approximate surface area is 327 Å². The molecule has 0 bridgehead atoms. The van der Waals surface area contributed by atoms with Crippen molar-refractivity contribution in [3.05, 3.63) is 207 Å². The van der Waals surface area contributed by atoms with Crippen molar-refractivity contribution >= 4 is 65.6 Å². The molecule has 12 rings (SSSR count). The van der Waals surface area contributed by atoms with E-state index in [1.165, 1.54) is 32.6 Å². The number of hydrogen-bond donors (Lipinski definition) is 0. The summed E-state index contributed by atoms with van der Waals surface area (Å²) < 4.78 is 17.9. The minimum absolute atomic E-state index is 0.838. The third-order valence-corrected chi connectivity index (χ3v) is 11.3. The Hall–Kier alpha value is -7.83. The van der Waals surface area contributed by atoms with Gasteiger partial charge in [0.25, 0.3) is 0 Å². The highest BCUT2D eigenvalue weighted by Gasteiger charge is 2.28. The number of rotatable bonds is 5. The first-order valence-corrected chi connectivity index (χ1v) is 19.2. The zero-order valence-corrected chi connectivity index (χ0v) is 30.8. The van der Waals surface area contributed by atoms with Crippen LogP contribution in [0.5, 0.6) is 0 Å². The van der Waals surface area contributed by atoms with Gasteiger partial charge in [-0.25, -0.2) is 0 Å². The van der Waals surface area contributed by atoms with E-state index in [1.54, 1.807) is 0 Å². The van der Waals surface area contributed by atoms with E-state index in [4.69, 9.17) is 4.42 Å². The second-order valence-corrected chi connectivity index (χ2v) is 14.6. The molecule has 0 radical (unpaired) electrons. The number of benzene rings is 8. The van der Waals surface area contributed by atoms with Gasteiger partial charge in [-0.15, -0.1) is 0 Å². The lowest BCUT2D eigenvalue weighted by molar-refractivity contribution is -0.857. The monoisotopic (exact) mass is 732 g/mol. The van der Waals surface area contributed by atoms with Gasteiger partial charge in [0.15, 0.2) is 0 Å². The first-order valence-electron chi connectivity index (χ1n) is 19.2. The molecule has 0 aliphatic rings. The second-order valence-electron chi connectivity index (χ2n) is 14.6. The maximum Gasteiger partial charge on any atom is 0.428 e. The molecule has 4 aromatic heterocycles. The Kier molecular flexibility index (Phi) is 6.83. The van der Waals surface area contributed by atoms with Crippen LogP contribution < -0.4 is 13.7 Å². The van der Waals surface area contributed by atoms with Gasteiger partial charge >= 0.3 is 19.0 Å². The Morgan fingerprint density at radius 1 is 0.333 bits per heavy atom. The average Bonchev–Trinajstić information content (AvgIpc) is 3.93. The summed E-state index contributed by atoms with van der Waals surface area (Å²) >= 11 is 0. The highest BCUT2D eigenvalue weighted by molar-refractivity contribution is 6.19. The van der Waals surface area contributed by atoms with Crippen molar-refractivity contribution in [1.29, 1.82) is 0 Å². The second kappa shape index (κ2) is 12.3. The van der Waals surface area contributed by atoms with Gasteiger partial charge in [0, 0.05) is 68.6 Å². The molecule has 0 unspecified atom stereocenters. The predicted molar refractivity (Wildman–Crippen MR) is 227 cm³/mol. The van der Waals surface area contributed by atoms with E-state index in [0.717, 1.165) is 61.4 Å². The van der Waals surface area contributed by atoms with Crippen LogP contribution in [-0.2, 0) is 0 Å². The molecule has 4 heterocycles. The normalized spacial score (nSPS) is 11.9. The number of para-hydroxylation sites is 5. The Bertz CT molecular complexity index is 3450. The zero-order chi connectivity index (χ0) is 37.5. The molecule has 0 saturated heterocycles. The predicted octanol–water partition coefficient (Wildman–Crippen LogP) is 10.6. The topological polar surface area (TPSA) is 34.6 Å². The van der Waals surface area contributed by atoms with Crippen molar-refractivity contribution in [1.82, 2.24) is 9.13 Å². The van der Waals surface area contributed by atoms with Crippen LogP contribution in [0.1, 0.15) is 0 Å². The summed E-state index contributed by atoms with van der Waals surface area (Å²) in [6.07, 6.45) is 6.38. The van der Waals surface area contributed by atoms with Gasteiger partial charge in [0.05, 0.1) is 22.1 Å². The van der Waals surface area contributed by atoms with Crippen molar-refractivity contribution in [2.24, 2.45) is 0 Å². The standard InChI is InChI=1S/C51H34N5O/c1-4-15-35(16-5-1)52-32-53(36-17-6-2-7-18-36)34-54(33-52)46-25-14-26-50-51(46)43-29-38(27-28-49(43)57-50)56-45-24-13-11-22-40(45)42-30-41-39-21-10-12-23-44(39)55(47(41)31-48(42)56)37-19-8-3-9-20-37/h1-34H/q+3. The van der Waals surface area contributed by atoms with Crippen molar-refractivity contribution in [3.8, 4) is 28.4 Å². The minimum Gasteiger partial charge on any atom is -0.456 e. The molecule has 0 aliphatic carbocycles. The molecule has 12 aromatic rings. The highest BCUT2D eigenvalue weighted by atomic mass is 16.3. The first-order chi connectivity index (χ1) is 28.3. The number of aromatic nitrogens is 5. The van der Waals surface area contributed by atoms with E-state index < -0.39 is 0 Å². The van der Waals surface area contributed by atoms with Crippen molar-refractivity contribution in [2.45, 2.75) is 0 Å². The molecule has 0 aliphatic heterocycles. The molecule has 0 spiro atoms. The van der Waals surface area contributed by atoms with Gasteiger partial charge < -0.3 is 13.6 Å². The number of furan rings is 1. The van der Waals surface area contributed by atoms with Gasteiger partial charge in [0.1, 0.15) is 16.6 Å². The molecule has 0 fully saturated rings. The molecule has 6 nitrogen and oxygen atoms in total. The lowest BCUT2D eigenvalue weighted by Crippen LogP contribution is -2.55. The van der Waals surface area contributed by atoms with Gasteiger partial charge in [-0.3, -0.25) is 0 Å². The third kappa shape index (κ3) is 4.87. The van der Waals surface area contributed by atoms with Crippen LogP contribution in [0.3, 0.4) is 0 Å². The summed E-state index contributed by atoms with van der Waals surface area (Å²) in [7, 11) is 0. The Balaban J connectivity index is 1.12. The third-order valence-electron chi connectivity index (χ3n) is 11.3. The molecule has 266 valence electrons. The fourth-order valence-corrected chi connectivity index (χ4v) is 8.80. The quantitative estimate of drug-likeness (QED) is 0.162. The van der Waals surface area contributed by atoms with Gasteiger partial charge in [-0.1, -0.05) is 111 Å². The van der Waals surface area contributed by atoms with E-state index in [9.17, 15) is 0 Å². The van der Waals surface area contributed by atoms with E-state index in [0.29, 0.717) is 0 Å². The minimum atomic E-state index is 0.838. The number of hydrogen-bond acceptors (Lipinski definition) is 1. The molecule has 8 aromatic carbocycles. The molecular formula is C51H34N5O+3. The summed E-state index contributed by atoms with van der Waals surface area (Å²) in [6.45, 7) is 0. The molecule has 57 heavy (non-hydrogen) atoms. The summed E-state index contributed by atoms with van der Waals surface area (Å²) in [5.41, 5.74) is 11.7.